The first-order valence-corrected chi connectivity index (χ1v) is 5.25. The Bertz CT molecular complexity index is 570. The molecule has 80 valence electrons. The smallest absolute Gasteiger partial charge is 0.228 e. The van der Waals surface area contributed by atoms with Crippen LogP contribution >= 0.6 is 0 Å². The van der Waals surface area contributed by atoms with Gasteiger partial charge in [0.1, 0.15) is 0 Å². The molecule has 3 rings (SSSR count). The average molecular weight is 213 g/mol. The second-order valence-corrected chi connectivity index (χ2v) is 4.22. The van der Waals surface area contributed by atoms with Crippen molar-refractivity contribution in [1.82, 2.24) is 10.2 Å². The highest BCUT2D eigenvalue weighted by Crippen LogP contribution is 2.49. The van der Waals surface area contributed by atoms with Crippen LogP contribution in [0.5, 0.6) is 0 Å². The third-order valence-electron chi connectivity index (χ3n) is 3.28. The molecular weight excluding hydrogens is 202 g/mol. The Hall–Kier alpha value is -1.97. The molecule has 1 heterocycles. The molecule has 1 fully saturated rings. The fraction of sp³-hybridized carbons (Fsp3) is 0.250. The topological polar surface area (TPSA) is 68.9 Å². The minimum atomic E-state index is -0.491. The summed E-state index contributed by atoms with van der Waals surface area (Å²) in [6, 6.07) is 7.71. The van der Waals surface area contributed by atoms with Gasteiger partial charge in [-0.3, -0.25) is 4.79 Å². The van der Waals surface area contributed by atoms with E-state index < -0.39 is 5.41 Å². The largest absolute Gasteiger partial charge is 0.369 e. The molecule has 2 N–H and O–H groups in total. The standard InChI is InChI=1S/C12H11N3O/c13-11(16)12(5-6-12)9-3-1-2-8-4-7-14-15-10(8)9/h1-4,7H,5-6H2,(H2,13,16). The molecular formula is C12H11N3O. The van der Waals surface area contributed by atoms with Gasteiger partial charge in [-0.25, -0.2) is 0 Å². The third-order valence-corrected chi connectivity index (χ3v) is 3.28. The van der Waals surface area contributed by atoms with Crippen molar-refractivity contribution in [2.45, 2.75) is 18.3 Å². The van der Waals surface area contributed by atoms with Gasteiger partial charge in [-0.05, 0) is 24.5 Å². The molecule has 0 saturated heterocycles. The van der Waals surface area contributed by atoms with Crippen molar-refractivity contribution in [3.8, 4) is 0 Å². The van der Waals surface area contributed by atoms with E-state index in [0.717, 1.165) is 29.3 Å². The van der Waals surface area contributed by atoms with Crippen molar-refractivity contribution in [3.05, 3.63) is 36.0 Å². The average Bonchev–Trinajstić information content (AvgIpc) is 3.09. The fourth-order valence-electron chi connectivity index (χ4n) is 2.17. The number of carbonyl (C=O) groups is 1. The Morgan fingerprint density at radius 1 is 1.31 bits per heavy atom. The summed E-state index contributed by atoms with van der Waals surface area (Å²) in [5.74, 6) is -0.259. The molecule has 0 bridgehead atoms. The number of rotatable bonds is 2. The Morgan fingerprint density at radius 2 is 2.12 bits per heavy atom. The van der Waals surface area contributed by atoms with Crippen LogP contribution in [0.2, 0.25) is 0 Å². The van der Waals surface area contributed by atoms with Crippen LogP contribution in [0, 0.1) is 0 Å². The summed E-state index contributed by atoms with van der Waals surface area (Å²) in [4.78, 5) is 11.5. The van der Waals surface area contributed by atoms with Crippen LogP contribution in [-0.4, -0.2) is 16.1 Å². The summed E-state index contributed by atoms with van der Waals surface area (Å²) in [6.45, 7) is 0. The van der Waals surface area contributed by atoms with E-state index in [-0.39, 0.29) is 5.91 Å². The Balaban J connectivity index is 2.29. The number of hydrogen-bond donors (Lipinski definition) is 1. The van der Waals surface area contributed by atoms with E-state index in [1.807, 2.05) is 24.3 Å². The number of nitrogens with zero attached hydrogens (tertiary/aromatic N) is 2. The van der Waals surface area contributed by atoms with E-state index in [4.69, 9.17) is 5.73 Å². The number of nitrogens with two attached hydrogens (primary N) is 1. The molecule has 1 saturated carbocycles. The predicted octanol–water partition coefficient (Wildman–Crippen LogP) is 1.15. The maximum atomic E-state index is 11.5. The van der Waals surface area contributed by atoms with Crippen molar-refractivity contribution in [2.24, 2.45) is 5.73 Å². The quantitative estimate of drug-likeness (QED) is 0.813. The number of fused-ring (bicyclic) bond motifs is 1. The summed E-state index contributed by atoms with van der Waals surface area (Å²) < 4.78 is 0. The predicted molar refractivity (Wildman–Crippen MR) is 59.6 cm³/mol. The number of benzene rings is 1. The van der Waals surface area contributed by atoms with E-state index >= 15 is 0 Å². The second kappa shape index (κ2) is 3.01. The van der Waals surface area contributed by atoms with E-state index in [0.29, 0.717) is 0 Å². The maximum absolute atomic E-state index is 11.5. The molecule has 1 aromatic carbocycles. The van der Waals surface area contributed by atoms with Crippen LogP contribution in [0.25, 0.3) is 10.9 Å². The first-order valence-electron chi connectivity index (χ1n) is 5.25. The minimum Gasteiger partial charge on any atom is -0.369 e. The van der Waals surface area contributed by atoms with Crippen LogP contribution in [0.4, 0.5) is 0 Å². The van der Waals surface area contributed by atoms with Gasteiger partial charge in [-0.2, -0.15) is 10.2 Å². The van der Waals surface area contributed by atoms with Gasteiger partial charge in [0.15, 0.2) is 0 Å². The molecule has 2 aromatic rings. The highest BCUT2D eigenvalue weighted by molar-refractivity contribution is 5.95. The van der Waals surface area contributed by atoms with E-state index in [1.165, 1.54) is 0 Å². The first kappa shape index (κ1) is 9.27. The van der Waals surface area contributed by atoms with Gasteiger partial charge < -0.3 is 5.73 Å². The SMILES string of the molecule is NC(=O)C1(c2cccc3ccnnc23)CC1. The summed E-state index contributed by atoms with van der Waals surface area (Å²) >= 11 is 0. The summed E-state index contributed by atoms with van der Waals surface area (Å²) in [5, 5.41) is 8.98. The van der Waals surface area contributed by atoms with Crippen LogP contribution in [0.3, 0.4) is 0 Å². The third kappa shape index (κ3) is 1.13. The summed E-state index contributed by atoms with van der Waals surface area (Å²) in [7, 11) is 0. The van der Waals surface area contributed by atoms with Crippen LogP contribution in [0.1, 0.15) is 18.4 Å². The zero-order valence-electron chi connectivity index (χ0n) is 8.68. The molecule has 4 nitrogen and oxygen atoms in total. The maximum Gasteiger partial charge on any atom is 0.228 e. The van der Waals surface area contributed by atoms with Gasteiger partial charge in [0.25, 0.3) is 0 Å². The van der Waals surface area contributed by atoms with Gasteiger partial charge in [0.2, 0.25) is 5.91 Å². The highest BCUT2D eigenvalue weighted by atomic mass is 16.1. The fourth-order valence-corrected chi connectivity index (χ4v) is 2.17. The van der Waals surface area contributed by atoms with Gasteiger partial charge in [-0.1, -0.05) is 18.2 Å². The minimum absolute atomic E-state index is 0.259. The highest BCUT2D eigenvalue weighted by Gasteiger charge is 2.51. The van der Waals surface area contributed by atoms with Crippen LogP contribution < -0.4 is 5.73 Å². The zero-order valence-corrected chi connectivity index (χ0v) is 8.68. The van der Waals surface area contributed by atoms with Gasteiger partial charge in [0.05, 0.1) is 17.1 Å². The Kier molecular flexibility index (Phi) is 1.74. The molecule has 0 aliphatic heterocycles. The van der Waals surface area contributed by atoms with Crippen LogP contribution in [-0.2, 0) is 10.2 Å². The molecule has 0 spiro atoms. The molecule has 0 unspecified atom stereocenters. The lowest BCUT2D eigenvalue weighted by molar-refractivity contribution is -0.120. The van der Waals surface area contributed by atoms with E-state index in [1.54, 1.807) is 6.20 Å². The van der Waals surface area contributed by atoms with Gasteiger partial charge >= 0.3 is 0 Å². The van der Waals surface area contributed by atoms with Crippen molar-refractivity contribution >= 4 is 16.8 Å². The lowest BCUT2D eigenvalue weighted by atomic mass is 9.93. The van der Waals surface area contributed by atoms with Gasteiger partial charge in [-0.15, -0.1) is 0 Å². The first-order chi connectivity index (χ1) is 7.74. The Labute approximate surface area is 92.5 Å². The molecule has 1 aromatic heterocycles. The van der Waals surface area contributed by atoms with Crippen LogP contribution in [0.15, 0.2) is 30.5 Å². The molecule has 0 atom stereocenters. The lowest BCUT2D eigenvalue weighted by Crippen LogP contribution is -2.28. The Morgan fingerprint density at radius 3 is 2.81 bits per heavy atom. The molecule has 16 heavy (non-hydrogen) atoms. The van der Waals surface area contributed by atoms with Crippen molar-refractivity contribution in [3.63, 3.8) is 0 Å². The number of aromatic nitrogens is 2. The number of hydrogen-bond acceptors (Lipinski definition) is 3. The second-order valence-electron chi connectivity index (χ2n) is 4.22. The van der Waals surface area contributed by atoms with Crippen molar-refractivity contribution < 1.29 is 4.79 Å². The normalized spacial score (nSPS) is 17.2. The zero-order chi connectivity index (χ0) is 11.2. The van der Waals surface area contributed by atoms with Crippen molar-refractivity contribution in [1.29, 1.82) is 0 Å². The molecule has 0 radical (unpaired) electrons. The summed E-state index contributed by atoms with van der Waals surface area (Å²) in [6.07, 6.45) is 3.28. The molecule has 1 aliphatic rings. The van der Waals surface area contributed by atoms with E-state index in [2.05, 4.69) is 10.2 Å². The van der Waals surface area contributed by atoms with E-state index in [9.17, 15) is 4.79 Å². The molecule has 4 heteroatoms. The number of carbonyl (C=O) groups excluding carboxylic acids is 1. The van der Waals surface area contributed by atoms with Crippen molar-refractivity contribution in [2.75, 3.05) is 0 Å². The molecule has 1 amide bonds. The monoisotopic (exact) mass is 213 g/mol. The number of amides is 1. The number of primary amides is 1. The molecule has 1 aliphatic carbocycles. The lowest BCUT2D eigenvalue weighted by Gasteiger charge is -2.12. The van der Waals surface area contributed by atoms with Gasteiger partial charge in [0, 0.05) is 5.39 Å². The summed E-state index contributed by atoms with van der Waals surface area (Å²) in [5.41, 5.74) is 6.69.